The molecule has 11 heteroatoms. The minimum absolute atomic E-state index is 0.227. The highest BCUT2D eigenvalue weighted by atomic mass is 16.5. The molecule has 0 bridgehead atoms. The van der Waals surface area contributed by atoms with Crippen LogP contribution in [0.25, 0.3) is 0 Å². The molecule has 0 spiro atoms. The Morgan fingerprint density at radius 3 is 2.20 bits per heavy atom. The number of carbonyl (C=O) groups is 2. The van der Waals surface area contributed by atoms with Gasteiger partial charge in [0.25, 0.3) is 5.91 Å². The molecule has 1 aromatic heterocycles. The molecule has 2 amide bonds. The zero-order chi connectivity index (χ0) is 34.0. The van der Waals surface area contributed by atoms with Crippen LogP contribution in [-0.2, 0) is 11.3 Å². The van der Waals surface area contributed by atoms with Gasteiger partial charge in [-0.25, -0.2) is 4.98 Å². The lowest BCUT2D eigenvalue weighted by atomic mass is 10.2. The summed E-state index contributed by atoms with van der Waals surface area (Å²) in [5, 5.41) is 12.2. The van der Waals surface area contributed by atoms with Crippen LogP contribution in [0.4, 0.5) is 34.5 Å². The lowest BCUT2D eigenvalue weighted by molar-refractivity contribution is -0.111. The summed E-state index contributed by atoms with van der Waals surface area (Å²) in [4.78, 5) is 39.5. The van der Waals surface area contributed by atoms with Gasteiger partial charge in [-0.05, 0) is 79.4 Å². The number of amides is 2. The van der Waals surface area contributed by atoms with Gasteiger partial charge in [0, 0.05) is 50.3 Å². The van der Waals surface area contributed by atoms with Crippen molar-refractivity contribution in [2.24, 2.45) is 0 Å². The Kier molecular flexibility index (Phi) is 10.4. The SMILES string of the molecule is C=CC(=O)Nc1ccccc1Nc1nc(Nc2ccc(N3CCN(C)CC3)cc2)ncc1C(=O)NCc1ccc(Oc2ccccc2)cc1. The number of anilines is 6. The first-order valence-electron chi connectivity index (χ1n) is 16.0. The van der Waals surface area contributed by atoms with E-state index in [2.05, 4.69) is 61.8 Å². The van der Waals surface area contributed by atoms with Crippen LogP contribution in [0.2, 0.25) is 0 Å². The number of aromatic nitrogens is 2. The molecule has 0 radical (unpaired) electrons. The van der Waals surface area contributed by atoms with Crippen molar-refractivity contribution in [3.8, 4) is 11.5 Å². The molecule has 0 aliphatic carbocycles. The molecular weight excluding hydrogens is 616 g/mol. The average Bonchev–Trinajstić information content (AvgIpc) is 3.13. The zero-order valence-electron chi connectivity index (χ0n) is 27.2. The second-order valence-electron chi connectivity index (χ2n) is 11.5. The molecule has 5 aromatic rings. The summed E-state index contributed by atoms with van der Waals surface area (Å²) < 4.78 is 5.88. The summed E-state index contributed by atoms with van der Waals surface area (Å²) in [5.74, 6) is 1.26. The number of rotatable bonds is 12. The molecule has 6 rings (SSSR count). The van der Waals surface area contributed by atoms with E-state index < -0.39 is 0 Å². The third kappa shape index (κ3) is 8.79. The van der Waals surface area contributed by atoms with Gasteiger partial charge < -0.3 is 35.8 Å². The second-order valence-corrected chi connectivity index (χ2v) is 11.5. The minimum Gasteiger partial charge on any atom is -0.457 e. The van der Waals surface area contributed by atoms with Gasteiger partial charge in [0.15, 0.2) is 0 Å². The largest absolute Gasteiger partial charge is 0.457 e. The summed E-state index contributed by atoms with van der Waals surface area (Å²) in [7, 11) is 2.14. The number of benzene rings is 4. The highest BCUT2D eigenvalue weighted by Gasteiger charge is 2.18. The van der Waals surface area contributed by atoms with Crippen LogP contribution in [0.15, 0.2) is 122 Å². The topological polar surface area (TPSA) is 124 Å². The molecule has 49 heavy (non-hydrogen) atoms. The average molecular weight is 655 g/mol. The first-order valence-corrected chi connectivity index (χ1v) is 16.0. The van der Waals surface area contributed by atoms with Crippen molar-refractivity contribution in [3.63, 3.8) is 0 Å². The van der Waals surface area contributed by atoms with Crippen LogP contribution < -0.4 is 30.9 Å². The number of piperazine rings is 1. The molecule has 1 fully saturated rings. The third-order valence-corrected chi connectivity index (χ3v) is 8.00. The summed E-state index contributed by atoms with van der Waals surface area (Å²) in [6.07, 6.45) is 2.67. The Morgan fingerprint density at radius 2 is 1.49 bits per heavy atom. The van der Waals surface area contributed by atoms with Gasteiger partial charge in [0.2, 0.25) is 11.9 Å². The van der Waals surface area contributed by atoms with E-state index >= 15 is 0 Å². The summed E-state index contributed by atoms with van der Waals surface area (Å²) in [6, 6.07) is 32.3. The molecule has 0 atom stereocenters. The van der Waals surface area contributed by atoms with Gasteiger partial charge in [0.05, 0.1) is 11.4 Å². The Bertz CT molecular complexity index is 1890. The van der Waals surface area contributed by atoms with E-state index in [1.165, 1.54) is 12.3 Å². The van der Waals surface area contributed by atoms with Crippen molar-refractivity contribution in [3.05, 3.63) is 133 Å². The van der Waals surface area contributed by atoms with Gasteiger partial charge in [-0.1, -0.05) is 49.0 Å². The second kappa shape index (κ2) is 15.6. The van der Waals surface area contributed by atoms with E-state index in [0.717, 1.165) is 48.9 Å². The fourth-order valence-corrected chi connectivity index (χ4v) is 5.24. The molecule has 0 unspecified atom stereocenters. The van der Waals surface area contributed by atoms with Gasteiger partial charge in [-0.15, -0.1) is 0 Å². The van der Waals surface area contributed by atoms with Crippen LogP contribution in [-0.4, -0.2) is 59.9 Å². The van der Waals surface area contributed by atoms with Crippen molar-refractivity contribution in [1.29, 1.82) is 0 Å². The molecule has 4 N–H and O–H groups in total. The Balaban J connectivity index is 1.19. The molecule has 1 aliphatic rings. The van der Waals surface area contributed by atoms with E-state index in [9.17, 15) is 9.59 Å². The number of nitrogens with one attached hydrogen (secondary N) is 4. The lowest BCUT2D eigenvalue weighted by Gasteiger charge is -2.34. The van der Waals surface area contributed by atoms with Crippen LogP contribution in [0.3, 0.4) is 0 Å². The van der Waals surface area contributed by atoms with E-state index in [-0.39, 0.29) is 29.7 Å². The number of hydrogen-bond acceptors (Lipinski definition) is 9. The molecular formula is C38H38N8O3. The molecule has 1 aliphatic heterocycles. The van der Waals surface area contributed by atoms with Crippen LogP contribution in [0, 0.1) is 0 Å². The smallest absolute Gasteiger partial charge is 0.256 e. The Hall–Kier alpha value is -6.20. The highest BCUT2D eigenvalue weighted by molar-refractivity contribution is 6.03. The number of ether oxygens (including phenoxy) is 1. The molecule has 11 nitrogen and oxygen atoms in total. The van der Waals surface area contributed by atoms with Crippen LogP contribution >= 0.6 is 0 Å². The Labute approximate surface area is 285 Å². The first kappa shape index (κ1) is 32.7. The number of likely N-dealkylation sites (N-methyl/N-ethyl adjacent to an activating group) is 1. The Morgan fingerprint density at radius 1 is 0.816 bits per heavy atom. The highest BCUT2D eigenvalue weighted by Crippen LogP contribution is 2.28. The van der Waals surface area contributed by atoms with Gasteiger partial charge in [-0.2, -0.15) is 4.98 Å². The van der Waals surface area contributed by atoms with Gasteiger partial charge in [0.1, 0.15) is 22.9 Å². The third-order valence-electron chi connectivity index (χ3n) is 8.00. The monoisotopic (exact) mass is 654 g/mol. The fraction of sp³-hybridized carbons (Fsp3) is 0.158. The quantitative estimate of drug-likeness (QED) is 0.111. The maximum absolute atomic E-state index is 13.6. The van der Waals surface area contributed by atoms with Crippen molar-refractivity contribution in [2.75, 3.05) is 54.1 Å². The van der Waals surface area contributed by atoms with Crippen molar-refractivity contribution < 1.29 is 14.3 Å². The van der Waals surface area contributed by atoms with Crippen molar-refractivity contribution in [2.45, 2.75) is 6.54 Å². The summed E-state index contributed by atoms with van der Waals surface area (Å²) in [5.41, 5.74) is 4.13. The molecule has 4 aromatic carbocycles. The predicted molar refractivity (Wildman–Crippen MR) is 194 cm³/mol. The zero-order valence-corrected chi connectivity index (χ0v) is 27.2. The maximum atomic E-state index is 13.6. The number of carbonyl (C=O) groups excluding carboxylic acids is 2. The minimum atomic E-state index is -0.372. The number of hydrogen-bond donors (Lipinski definition) is 4. The standard InChI is InChI=1S/C38H38N8O3/c1-3-35(47)42-33-11-7-8-12-34(33)43-36-32(37(48)39-25-27-13-19-31(20-14-27)49-30-9-5-4-6-10-30)26-40-38(44-36)41-28-15-17-29(18-16-28)46-23-21-45(2)22-24-46/h3-20,26H,1,21-25H2,2H3,(H,39,48)(H,42,47)(H2,40,41,43,44). The van der Waals surface area contributed by atoms with E-state index in [1.54, 1.807) is 18.2 Å². The number of nitrogens with zero attached hydrogens (tertiary/aromatic N) is 4. The first-order chi connectivity index (χ1) is 23.9. The normalized spacial score (nSPS) is 12.9. The lowest BCUT2D eigenvalue weighted by Crippen LogP contribution is -2.44. The van der Waals surface area contributed by atoms with Crippen molar-refractivity contribution >= 4 is 46.3 Å². The molecule has 1 saturated heterocycles. The van der Waals surface area contributed by atoms with Crippen LogP contribution in [0.1, 0.15) is 15.9 Å². The van der Waals surface area contributed by atoms with Crippen LogP contribution in [0.5, 0.6) is 11.5 Å². The predicted octanol–water partition coefficient (Wildman–Crippen LogP) is 6.56. The number of para-hydroxylation sites is 3. The van der Waals surface area contributed by atoms with Crippen molar-refractivity contribution in [1.82, 2.24) is 20.2 Å². The molecule has 0 saturated carbocycles. The fourth-order valence-electron chi connectivity index (χ4n) is 5.24. The summed E-state index contributed by atoms with van der Waals surface area (Å²) in [6.45, 7) is 7.83. The maximum Gasteiger partial charge on any atom is 0.256 e. The van der Waals surface area contributed by atoms with Gasteiger partial charge in [-0.3, -0.25) is 9.59 Å². The summed E-state index contributed by atoms with van der Waals surface area (Å²) >= 11 is 0. The van der Waals surface area contributed by atoms with E-state index in [4.69, 9.17) is 9.72 Å². The van der Waals surface area contributed by atoms with Gasteiger partial charge >= 0.3 is 0 Å². The van der Waals surface area contributed by atoms with E-state index in [0.29, 0.717) is 23.1 Å². The molecule has 248 valence electrons. The molecule has 2 heterocycles. The van der Waals surface area contributed by atoms with E-state index in [1.807, 2.05) is 72.8 Å².